The molecule has 0 unspecified atom stereocenters. The van der Waals surface area contributed by atoms with Gasteiger partial charge in [-0.25, -0.2) is 22.2 Å². The molecule has 1 aromatic heterocycles. The fourth-order valence-corrected chi connectivity index (χ4v) is 3.84. The third kappa shape index (κ3) is 4.04. The zero-order chi connectivity index (χ0) is 18.7. The molecule has 3 rings (SSSR count). The quantitative estimate of drug-likeness (QED) is 0.695. The zero-order valence-corrected chi connectivity index (χ0v) is 15.3. The lowest BCUT2D eigenvalue weighted by molar-refractivity contribution is 0.414. The summed E-state index contributed by atoms with van der Waals surface area (Å²) in [5, 5.41) is 4.04. The minimum Gasteiger partial charge on any atom is -0.497 e. The molecule has 0 aliphatic heterocycles. The highest BCUT2D eigenvalue weighted by Gasteiger charge is 2.18. The van der Waals surface area contributed by atoms with Crippen LogP contribution in [0.15, 0.2) is 59.8 Å². The van der Waals surface area contributed by atoms with Crippen molar-refractivity contribution in [1.29, 1.82) is 0 Å². The first-order chi connectivity index (χ1) is 12.4. The van der Waals surface area contributed by atoms with Gasteiger partial charge in [0.2, 0.25) is 10.0 Å². The van der Waals surface area contributed by atoms with Crippen molar-refractivity contribution in [3.63, 3.8) is 0 Å². The summed E-state index contributed by atoms with van der Waals surface area (Å²) >= 11 is 5.82. The summed E-state index contributed by atoms with van der Waals surface area (Å²) in [7, 11) is -2.31. The van der Waals surface area contributed by atoms with E-state index in [1.54, 1.807) is 30.3 Å². The Labute approximate surface area is 155 Å². The Bertz CT molecular complexity index is 1040. The second kappa shape index (κ2) is 7.45. The first-order valence-electron chi connectivity index (χ1n) is 7.52. The molecule has 0 atom stereocenters. The molecule has 2 aromatic carbocycles. The number of nitrogens with zero attached hydrogens (tertiary/aromatic N) is 2. The Kier molecular flexibility index (Phi) is 5.26. The van der Waals surface area contributed by atoms with Crippen molar-refractivity contribution >= 4 is 21.6 Å². The van der Waals surface area contributed by atoms with E-state index in [4.69, 9.17) is 16.3 Å². The van der Waals surface area contributed by atoms with Gasteiger partial charge in [0, 0.05) is 24.4 Å². The summed E-state index contributed by atoms with van der Waals surface area (Å²) in [6.07, 6.45) is 3.25. The Hall–Kier alpha value is -2.42. The summed E-state index contributed by atoms with van der Waals surface area (Å²) in [4.78, 5) is -0.180. The number of nitrogens with one attached hydrogen (secondary N) is 1. The van der Waals surface area contributed by atoms with Crippen LogP contribution in [-0.4, -0.2) is 25.3 Å². The average molecular weight is 396 g/mol. The van der Waals surface area contributed by atoms with Crippen molar-refractivity contribution in [2.45, 2.75) is 11.4 Å². The summed E-state index contributed by atoms with van der Waals surface area (Å²) in [6.45, 7) is 0.0139. The molecule has 9 heteroatoms. The van der Waals surface area contributed by atoms with E-state index in [9.17, 15) is 12.8 Å². The highest BCUT2D eigenvalue weighted by Crippen LogP contribution is 2.22. The number of halogens is 2. The van der Waals surface area contributed by atoms with Crippen LogP contribution in [0.4, 0.5) is 4.39 Å². The van der Waals surface area contributed by atoms with Gasteiger partial charge in [0.05, 0.1) is 24.0 Å². The number of aromatic nitrogens is 2. The molecule has 0 amide bonds. The highest BCUT2D eigenvalue weighted by atomic mass is 35.5. The molecule has 0 saturated heterocycles. The van der Waals surface area contributed by atoms with Gasteiger partial charge in [-0.1, -0.05) is 17.7 Å². The monoisotopic (exact) mass is 395 g/mol. The summed E-state index contributed by atoms with van der Waals surface area (Å²) in [6, 6.07) is 10.4. The zero-order valence-electron chi connectivity index (χ0n) is 13.7. The maximum absolute atomic E-state index is 13.1. The number of sulfonamides is 1. The molecule has 26 heavy (non-hydrogen) atoms. The van der Waals surface area contributed by atoms with Gasteiger partial charge in [0.25, 0.3) is 0 Å². The standard InChI is InChI=1S/C17H15ClFN3O3S/c1-25-15-4-2-3-14(8-15)22-11-12(9-20-22)10-21-26(23,24)17-6-5-13(19)7-16(17)18/h2-9,11,21H,10H2,1H3. The molecule has 0 bridgehead atoms. The molecule has 0 aliphatic carbocycles. The van der Waals surface area contributed by atoms with Crippen LogP contribution in [0.1, 0.15) is 5.56 Å². The third-order valence-electron chi connectivity index (χ3n) is 3.60. The highest BCUT2D eigenvalue weighted by molar-refractivity contribution is 7.89. The number of hydrogen-bond acceptors (Lipinski definition) is 4. The second-order valence-electron chi connectivity index (χ2n) is 5.39. The molecule has 0 aliphatic rings. The number of benzene rings is 2. The Morgan fingerprint density at radius 2 is 2.08 bits per heavy atom. The Morgan fingerprint density at radius 1 is 1.27 bits per heavy atom. The molecule has 0 spiro atoms. The van der Waals surface area contributed by atoms with Crippen LogP contribution in [0, 0.1) is 5.82 Å². The van der Waals surface area contributed by atoms with E-state index in [2.05, 4.69) is 9.82 Å². The Balaban J connectivity index is 1.75. The summed E-state index contributed by atoms with van der Waals surface area (Å²) < 4.78 is 47.0. The van der Waals surface area contributed by atoms with Gasteiger partial charge < -0.3 is 4.74 Å². The van der Waals surface area contributed by atoms with Gasteiger partial charge in [0.15, 0.2) is 0 Å². The molecule has 0 saturated carbocycles. The normalized spacial score (nSPS) is 11.5. The van der Waals surface area contributed by atoms with Crippen LogP contribution in [-0.2, 0) is 16.6 Å². The van der Waals surface area contributed by atoms with Crippen LogP contribution in [0.2, 0.25) is 5.02 Å². The molecular weight excluding hydrogens is 381 g/mol. The van der Waals surface area contributed by atoms with E-state index in [1.165, 1.54) is 0 Å². The number of hydrogen-bond donors (Lipinski definition) is 1. The van der Waals surface area contributed by atoms with Crippen molar-refractivity contribution in [3.05, 3.63) is 71.3 Å². The van der Waals surface area contributed by atoms with Gasteiger partial charge in [-0.15, -0.1) is 0 Å². The molecule has 1 N–H and O–H groups in total. The molecule has 6 nitrogen and oxygen atoms in total. The lowest BCUT2D eigenvalue weighted by atomic mass is 10.3. The molecule has 0 fully saturated rings. The summed E-state index contributed by atoms with van der Waals surface area (Å²) in [5.74, 6) is 0.0831. The topological polar surface area (TPSA) is 73.2 Å². The van der Waals surface area contributed by atoms with Crippen LogP contribution in [0.5, 0.6) is 5.75 Å². The van der Waals surface area contributed by atoms with E-state index in [0.717, 1.165) is 23.9 Å². The number of methoxy groups -OCH3 is 1. The minimum absolute atomic E-state index is 0.0139. The minimum atomic E-state index is -3.88. The molecule has 0 radical (unpaired) electrons. The van der Waals surface area contributed by atoms with Gasteiger partial charge in [-0.05, 0) is 30.3 Å². The van der Waals surface area contributed by atoms with Gasteiger partial charge in [-0.2, -0.15) is 5.10 Å². The van der Waals surface area contributed by atoms with Crippen LogP contribution < -0.4 is 9.46 Å². The van der Waals surface area contributed by atoms with E-state index in [0.29, 0.717) is 11.3 Å². The average Bonchev–Trinajstić information content (AvgIpc) is 3.09. The molecule has 136 valence electrons. The van der Waals surface area contributed by atoms with Crippen molar-refractivity contribution in [2.75, 3.05) is 7.11 Å². The van der Waals surface area contributed by atoms with Crippen LogP contribution in [0.25, 0.3) is 5.69 Å². The van der Waals surface area contributed by atoms with Crippen LogP contribution in [0.3, 0.4) is 0 Å². The first-order valence-corrected chi connectivity index (χ1v) is 9.38. The molecule has 3 aromatic rings. The van der Waals surface area contributed by atoms with Gasteiger partial charge in [-0.3, -0.25) is 0 Å². The second-order valence-corrected chi connectivity index (χ2v) is 7.54. The maximum Gasteiger partial charge on any atom is 0.242 e. The molecule has 1 heterocycles. The first kappa shape index (κ1) is 18.4. The largest absolute Gasteiger partial charge is 0.497 e. The molecular formula is C17H15ClFN3O3S. The van der Waals surface area contributed by atoms with Crippen molar-refractivity contribution in [3.8, 4) is 11.4 Å². The van der Waals surface area contributed by atoms with Crippen LogP contribution >= 0.6 is 11.6 Å². The fourth-order valence-electron chi connectivity index (χ4n) is 2.29. The smallest absolute Gasteiger partial charge is 0.242 e. The predicted molar refractivity (Wildman–Crippen MR) is 95.6 cm³/mol. The predicted octanol–water partition coefficient (Wildman–Crippen LogP) is 3.15. The lowest BCUT2D eigenvalue weighted by Gasteiger charge is -2.07. The summed E-state index contributed by atoms with van der Waals surface area (Å²) in [5.41, 5.74) is 1.43. The maximum atomic E-state index is 13.1. The fraction of sp³-hybridized carbons (Fsp3) is 0.118. The van der Waals surface area contributed by atoms with Gasteiger partial charge >= 0.3 is 0 Å². The lowest BCUT2D eigenvalue weighted by Crippen LogP contribution is -2.23. The number of ether oxygens (including phenoxy) is 1. The third-order valence-corrected chi connectivity index (χ3v) is 5.49. The van der Waals surface area contributed by atoms with E-state index in [-0.39, 0.29) is 16.5 Å². The van der Waals surface area contributed by atoms with E-state index < -0.39 is 15.8 Å². The Morgan fingerprint density at radius 3 is 2.81 bits per heavy atom. The van der Waals surface area contributed by atoms with E-state index in [1.807, 2.05) is 18.2 Å². The number of rotatable bonds is 6. The van der Waals surface area contributed by atoms with E-state index >= 15 is 0 Å². The SMILES string of the molecule is COc1cccc(-n2cc(CNS(=O)(=O)c3ccc(F)cc3Cl)cn2)c1. The van der Waals surface area contributed by atoms with Crippen molar-refractivity contribution < 1.29 is 17.5 Å². The van der Waals surface area contributed by atoms with Crippen molar-refractivity contribution in [2.24, 2.45) is 0 Å². The van der Waals surface area contributed by atoms with Crippen molar-refractivity contribution in [1.82, 2.24) is 14.5 Å². The van der Waals surface area contributed by atoms with Gasteiger partial charge in [0.1, 0.15) is 16.5 Å².